The molecule has 2 fully saturated rings. The van der Waals surface area contributed by atoms with Crippen molar-refractivity contribution in [3.8, 4) is 0 Å². The van der Waals surface area contributed by atoms with Crippen molar-refractivity contribution in [1.82, 2.24) is 15.1 Å². The number of hydrogen-bond donors (Lipinski definition) is 1. The maximum Gasteiger partial charge on any atom is 0.227 e. The van der Waals surface area contributed by atoms with E-state index in [0.29, 0.717) is 11.8 Å². The molecular formula is C17H25N3O. The second kappa shape index (κ2) is 6.58. The lowest BCUT2D eigenvalue weighted by molar-refractivity contribution is -0.137. The number of carbonyl (C=O) groups excluding carboxylic acids is 1. The highest BCUT2D eigenvalue weighted by molar-refractivity contribution is 5.79. The van der Waals surface area contributed by atoms with E-state index in [1.807, 2.05) is 0 Å². The van der Waals surface area contributed by atoms with Gasteiger partial charge in [-0.2, -0.15) is 0 Å². The Morgan fingerprint density at radius 1 is 1.14 bits per heavy atom. The molecule has 0 saturated carbocycles. The van der Waals surface area contributed by atoms with E-state index in [4.69, 9.17) is 0 Å². The predicted octanol–water partition coefficient (Wildman–Crippen LogP) is 1.19. The molecular weight excluding hydrogens is 262 g/mol. The van der Waals surface area contributed by atoms with Crippen molar-refractivity contribution >= 4 is 5.91 Å². The molecule has 2 heterocycles. The third kappa shape index (κ3) is 3.44. The highest BCUT2D eigenvalue weighted by atomic mass is 16.2. The minimum Gasteiger partial charge on any atom is -0.340 e. The molecule has 114 valence electrons. The molecule has 0 unspecified atom stereocenters. The van der Waals surface area contributed by atoms with Gasteiger partial charge in [0.2, 0.25) is 5.91 Å². The summed E-state index contributed by atoms with van der Waals surface area (Å²) in [5.41, 5.74) is 1.35. The summed E-state index contributed by atoms with van der Waals surface area (Å²) >= 11 is 0. The van der Waals surface area contributed by atoms with E-state index >= 15 is 0 Å². The Kier molecular flexibility index (Phi) is 4.56. The number of rotatable bonds is 3. The number of benzene rings is 1. The summed E-state index contributed by atoms with van der Waals surface area (Å²) in [6.07, 6.45) is 0. The van der Waals surface area contributed by atoms with Crippen molar-refractivity contribution in [3.05, 3.63) is 35.9 Å². The number of nitrogens with one attached hydrogen (secondary N) is 1. The van der Waals surface area contributed by atoms with Crippen LogP contribution >= 0.6 is 0 Å². The third-order valence-electron chi connectivity index (χ3n) is 4.77. The molecule has 1 aromatic rings. The van der Waals surface area contributed by atoms with Crippen molar-refractivity contribution < 1.29 is 4.79 Å². The van der Waals surface area contributed by atoms with Crippen LogP contribution in [-0.4, -0.2) is 55.0 Å². The van der Waals surface area contributed by atoms with Gasteiger partial charge in [-0.1, -0.05) is 37.3 Å². The van der Waals surface area contributed by atoms with Gasteiger partial charge in [-0.05, 0) is 18.0 Å². The first-order valence-electron chi connectivity index (χ1n) is 8.00. The number of amides is 1. The summed E-state index contributed by atoms with van der Waals surface area (Å²) in [6, 6.07) is 10.6. The zero-order valence-corrected chi connectivity index (χ0v) is 12.8. The highest BCUT2D eigenvalue weighted by Crippen LogP contribution is 2.20. The van der Waals surface area contributed by atoms with Crippen LogP contribution in [0.15, 0.2) is 30.3 Å². The van der Waals surface area contributed by atoms with Gasteiger partial charge < -0.3 is 10.2 Å². The maximum atomic E-state index is 12.5. The van der Waals surface area contributed by atoms with E-state index in [-0.39, 0.29) is 5.92 Å². The second-order valence-electron chi connectivity index (χ2n) is 6.33. The summed E-state index contributed by atoms with van der Waals surface area (Å²) in [6.45, 7) is 8.70. The third-order valence-corrected chi connectivity index (χ3v) is 4.77. The molecule has 21 heavy (non-hydrogen) atoms. The number of piperazine rings is 1. The van der Waals surface area contributed by atoms with Crippen molar-refractivity contribution in [2.45, 2.75) is 13.5 Å². The number of hydrogen-bond acceptors (Lipinski definition) is 3. The smallest absolute Gasteiger partial charge is 0.227 e. The van der Waals surface area contributed by atoms with Gasteiger partial charge in [-0.3, -0.25) is 9.69 Å². The van der Waals surface area contributed by atoms with Gasteiger partial charge in [-0.25, -0.2) is 0 Å². The van der Waals surface area contributed by atoms with Crippen LogP contribution in [0.25, 0.3) is 0 Å². The van der Waals surface area contributed by atoms with Crippen LogP contribution in [0.5, 0.6) is 0 Å². The van der Waals surface area contributed by atoms with E-state index in [1.165, 1.54) is 5.56 Å². The Morgan fingerprint density at radius 3 is 2.48 bits per heavy atom. The quantitative estimate of drug-likeness (QED) is 0.907. The van der Waals surface area contributed by atoms with Gasteiger partial charge in [0, 0.05) is 39.3 Å². The molecule has 4 heteroatoms. The summed E-state index contributed by atoms with van der Waals surface area (Å²) in [5.74, 6) is 1.01. The molecule has 0 spiro atoms. The second-order valence-corrected chi connectivity index (χ2v) is 6.33. The molecule has 2 aliphatic rings. The number of carbonyl (C=O) groups is 1. The summed E-state index contributed by atoms with van der Waals surface area (Å²) in [4.78, 5) is 17.0. The molecule has 4 nitrogen and oxygen atoms in total. The zero-order chi connectivity index (χ0) is 14.7. The molecule has 0 bridgehead atoms. The first kappa shape index (κ1) is 14.5. The lowest BCUT2D eigenvalue weighted by Crippen LogP contribution is -2.50. The van der Waals surface area contributed by atoms with Crippen molar-refractivity contribution in [2.24, 2.45) is 11.8 Å². The minimum absolute atomic E-state index is 0.186. The standard InChI is InChI=1S/C17H25N3O/c1-14-11-18-12-16(14)17(21)20-9-7-19(8-10-20)13-15-5-3-2-4-6-15/h2-6,14,16,18H,7-13H2,1H3/t14-,16-/m1/s1. The van der Waals surface area contributed by atoms with Gasteiger partial charge in [0.1, 0.15) is 0 Å². The Labute approximate surface area is 127 Å². The van der Waals surface area contributed by atoms with Gasteiger partial charge in [-0.15, -0.1) is 0 Å². The van der Waals surface area contributed by atoms with E-state index in [2.05, 4.69) is 52.4 Å². The Hall–Kier alpha value is -1.39. The van der Waals surface area contributed by atoms with Crippen molar-refractivity contribution in [2.75, 3.05) is 39.3 Å². The van der Waals surface area contributed by atoms with Crippen molar-refractivity contribution in [3.63, 3.8) is 0 Å². The lowest BCUT2D eigenvalue weighted by Gasteiger charge is -2.36. The molecule has 0 radical (unpaired) electrons. The van der Waals surface area contributed by atoms with Crippen LogP contribution in [0.1, 0.15) is 12.5 Å². The predicted molar refractivity (Wildman–Crippen MR) is 83.8 cm³/mol. The van der Waals surface area contributed by atoms with Crippen molar-refractivity contribution in [1.29, 1.82) is 0 Å². The van der Waals surface area contributed by atoms with Gasteiger partial charge >= 0.3 is 0 Å². The van der Waals surface area contributed by atoms with Crippen LogP contribution in [0.3, 0.4) is 0 Å². The van der Waals surface area contributed by atoms with Crippen LogP contribution < -0.4 is 5.32 Å². The molecule has 1 N–H and O–H groups in total. The van der Waals surface area contributed by atoms with E-state index in [9.17, 15) is 4.79 Å². The topological polar surface area (TPSA) is 35.6 Å². The summed E-state index contributed by atoms with van der Waals surface area (Å²) < 4.78 is 0. The van der Waals surface area contributed by atoms with E-state index in [0.717, 1.165) is 45.8 Å². The number of nitrogens with zero attached hydrogens (tertiary/aromatic N) is 2. The van der Waals surface area contributed by atoms with Crippen LogP contribution in [-0.2, 0) is 11.3 Å². The highest BCUT2D eigenvalue weighted by Gasteiger charge is 2.33. The SMILES string of the molecule is C[C@@H]1CNC[C@H]1C(=O)N1CCN(Cc2ccccc2)CC1. The fourth-order valence-electron chi connectivity index (χ4n) is 3.34. The Bertz CT molecular complexity index is 468. The van der Waals surface area contributed by atoms with Gasteiger partial charge in [0.05, 0.1) is 5.92 Å². The maximum absolute atomic E-state index is 12.5. The molecule has 0 aromatic heterocycles. The molecule has 2 saturated heterocycles. The normalized spacial score (nSPS) is 27.0. The molecule has 3 rings (SSSR count). The zero-order valence-electron chi connectivity index (χ0n) is 12.8. The van der Waals surface area contributed by atoms with Crippen LogP contribution in [0.2, 0.25) is 0 Å². The van der Waals surface area contributed by atoms with Gasteiger partial charge in [0.25, 0.3) is 0 Å². The Balaban J connectivity index is 1.50. The van der Waals surface area contributed by atoms with Crippen LogP contribution in [0, 0.1) is 11.8 Å². The average molecular weight is 287 g/mol. The fourth-order valence-corrected chi connectivity index (χ4v) is 3.34. The molecule has 0 aliphatic carbocycles. The summed E-state index contributed by atoms with van der Waals surface area (Å²) in [5, 5.41) is 3.33. The van der Waals surface area contributed by atoms with E-state index in [1.54, 1.807) is 0 Å². The minimum atomic E-state index is 0.186. The monoisotopic (exact) mass is 287 g/mol. The fraction of sp³-hybridized carbons (Fsp3) is 0.588. The van der Waals surface area contributed by atoms with E-state index < -0.39 is 0 Å². The first-order chi connectivity index (χ1) is 10.2. The Morgan fingerprint density at radius 2 is 1.86 bits per heavy atom. The first-order valence-corrected chi connectivity index (χ1v) is 8.00. The molecule has 1 amide bonds. The lowest BCUT2D eigenvalue weighted by atomic mass is 9.96. The molecule has 1 aromatic carbocycles. The molecule has 2 atom stereocenters. The summed E-state index contributed by atoms with van der Waals surface area (Å²) in [7, 11) is 0. The molecule has 2 aliphatic heterocycles. The average Bonchev–Trinajstić information content (AvgIpc) is 2.94. The van der Waals surface area contributed by atoms with Crippen LogP contribution in [0.4, 0.5) is 0 Å². The van der Waals surface area contributed by atoms with Gasteiger partial charge in [0.15, 0.2) is 0 Å². The largest absolute Gasteiger partial charge is 0.340 e.